The summed E-state index contributed by atoms with van der Waals surface area (Å²) in [7, 11) is 1.30. The molecule has 35 heavy (non-hydrogen) atoms. The molecule has 1 atom stereocenters. The fourth-order valence-corrected chi connectivity index (χ4v) is 4.07. The van der Waals surface area contributed by atoms with E-state index in [2.05, 4.69) is 0 Å². The number of rotatable bonds is 10. The third-order valence-electron chi connectivity index (χ3n) is 5.57. The Morgan fingerprint density at radius 1 is 1.06 bits per heavy atom. The Labute approximate surface area is 199 Å². The molecule has 3 rings (SSSR count). The van der Waals surface area contributed by atoms with Crippen molar-refractivity contribution in [1.82, 2.24) is 10.2 Å². The van der Waals surface area contributed by atoms with Gasteiger partial charge in [-0.3, -0.25) is 9.59 Å². The van der Waals surface area contributed by atoms with Crippen LogP contribution in [0.3, 0.4) is 0 Å². The molecule has 188 valence electrons. The van der Waals surface area contributed by atoms with Gasteiger partial charge in [0.05, 0.1) is 13.0 Å². The van der Waals surface area contributed by atoms with Crippen LogP contribution in [0.4, 0.5) is 18.0 Å². The van der Waals surface area contributed by atoms with Crippen molar-refractivity contribution >= 4 is 18.0 Å². The van der Waals surface area contributed by atoms with Crippen LogP contribution in [0.5, 0.6) is 0 Å². The van der Waals surface area contributed by atoms with Crippen LogP contribution in [0.25, 0.3) is 11.1 Å². The van der Waals surface area contributed by atoms with Crippen LogP contribution in [0.2, 0.25) is 0 Å². The summed E-state index contributed by atoms with van der Waals surface area (Å²) < 4.78 is 49.5. The first-order chi connectivity index (χ1) is 16.6. The van der Waals surface area contributed by atoms with E-state index in [0.29, 0.717) is 4.90 Å². The number of nitrogens with one attached hydrogen (secondary N) is 1. The zero-order valence-electron chi connectivity index (χ0n) is 18.9. The lowest BCUT2D eigenvalue weighted by atomic mass is 9.98. The van der Waals surface area contributed by atoms with Gasteiger partial charge in [-0.15, -0.1) is 0 Å². The van der Waals surface area contributed by atoms with Crippen LogP contribution < -0.4 is 5.32 Å². The summed E-state index contributed by atoms with van der Waals surface area (Å²) in [5.74, 6) is -2.94. The molecule has 0 bridgehead atoms. The number of alkyl halides is 3. The Morgan fingerprint density at radius 3 is 2.14 bits per heavy atom. The van der Waals surface area contributed by atoms with Crippen LogP contribution in [-0.2, 0) is 19.1 Å². The van der Waals surface area contributed by atoms with Gasteiger partial charge in [-0.05, 0) is 22.3 Å². The highest BCUT2D eigenvalue weighted by Crippen LogP contribution is 2.44. The molecule has 0 radical (unpaired) electrons. The smallest absolute Gasteiger partial charge is 0.407 e. The summed E-state index contributed by atoms with van der Waals surface area (Å²) in [6.07, 6.45) is -7.69. The maximum absolute atomic E-state index is 13.2. The number of aliphatic carboxylic acids is 1. The van der Waals surface area contributed by atoms with Crippen LogP contribution in [0, 0.1) is 0 Å². The largest absolute Gasteiger partial charge is 0.480 e. The molecule has 0 aliphatic heterocycles. The normalized spacial score (nSPS) is 13.5. The molecule has 0 saturated heterocycles. The van der Waals surface area contributed by atoms with Gasteiger partial charge in [0, 0.05) is 19.6 Å². The highest BCUT2D eigenvalue weighted by Gasteiger charge is 2.39. The zero-order chi connectivity index (χ0) is 25.6. The molecular weight excluding hydrogens is 469 g/mol. The van der Waals surface area contributed by atoms with Crippen molar-refractivity contribution in [3.63, 3.8) is 0 Å². The minimum absolute atomic E-state index is 0.0945. The Hall–Kier alpha value is -3.60. The van der Waals surface area contributed by atoms with E-state index in [4.69, 9.17) is 14.6 Å². The van der Waals surface area contributed by atoms with Gasteiger partial charge in [-0.25, -0.2) is 4.79 Å². The molecule has 1 unspecified atom stereocenters. The van der Waals surface area contributed by atoms with E-state index in [1.54, 1.807) is 0 Å². The molecule has 0 spiro atoms. The van der Waals surface area contributed by atoms with Crippen LogP contribution in [0.1, 0.15) is 23.5 Å². The lowest BCUT2D eigenvalue weighted by Gasteiger charge is -2.27. The maximum atomic E-state index is 13.2. The molecule has 8 nitrogen and oxygen atoms in total. The van der Waals surface area contributed by atoms with Crippen molar-refractivity contribution < 1.29 is 42.1 Å². The Kier molecular flexibility index (Phi) is 8.34. The number of alkyl carbamates (subject to hydrolysis) is 1. The van der Waals surface area contributed by atoms with E-state index in [-0.39, 0.29) is 25.7 Å². The monoisotopic (exact) mass is 494 g/mol. The molecule has 2 N–H and O–H groups in total. The lowest BCUT2D eigenvalue weighted by molar-refractivity contribution is -0.156. The van der Waals surface area contributed by atoms with Crippen molar-refractivity contribution in [2.24, 2.45) is 0 Å². The summed E-state index contributed by atoms with van der Waals surface area (Å²) in [6.45, 7) is -1.36. The van der Waals surface area contributed by atoms with Crippen molar-refractivity contribution in [2.45, 2.75) is 24.6 Å². The topological polar surface area (TPSA) is 105 Å². The second kappa shape index (κ2) is 11.2. The predicted octanol–water partition coefficient (Wildman–Crippen LogP) is 3.41. The average Bonchev–Trinajstić information content (AvgIpc) is 3.12. The maximum Gasteiger partial charge on any atom is 0.407 e. The van der Waals surface area contributed by atoms with Crippen molar-refractivity contribution in [1.29, 1.82) is 0 Å². The molecule has 1 aliphatic carbocycles. The number of carbonyl (C=O) groups is 3. The van der Waals surface area contributed by atoms with Gasteiger partial charge in [0.15, 0.2) is 0 Å². The number of hydrogen-bond acceptors (Lipinski definition) is 5. The van der Waals surface area contributed by atoms with E-state index in [1.165, 1.54) is 7.11 Å². The summed E-state index contributed by atoms with van der Waals surface area (Å²) in [6, 6.07) is 13.0. The van der Waals surface area contributed by atoms with Gasteiger partial charge < -0.3 is 24.8 Å². The minimum Gasteiger partial charge on any atom is -0.480 e. The summed E-state index contributed by atoms with van der Waals surface area (Å²) in [5.41, 5.74) is 3.78. The number of fused-ring (bicyclic) bond motifs is 3. The number of hydrogen-bond donors (Lipinski definition) is 2. The average molecular weight is 494 g/mol. The molecule has 2 aromatic rings. The molecule has 0 aromatic heterocycles. The van der Waals surface area contributed by atoms with Crippen LogP contribution in [-0.4, -0.2) is 73.6 Å². The molecule has 11 heteroatoms. The quantitative estimate of drug-likeness (QED) is 0.525. The lowest BCUT2D eigenvalue weighted by Crippen LogP contribution is -2.52. The second-order valence-corrected chi connectivity index (χ2v) is 7.99. The summed E-state index contributed by atoms with van der Waals surface area (Å²) in [5, 5.41) is 11.0. The number of halogens is 3. The number of ether oxygens (including phenoxy) is 2. The minimum atomic E-state index is -4.80. The van der Waals surface area contributed by atoms with Crippen LogP contribution in [0.15, 0.2) is 48.5 Å². The SMILES string of the molecule is COCCN(CC(=O)O)C(=O)C(CC(F)(F)F)NC(=O)OCC1c2ccccc2-c2ccccc21. The molecule has 1 aliphatic rings. The van der Waals surface area contributed by atoms with Gasteiger partial charge in [-0.2, -0.15) is 13.2 Å². The number of benzene rings is 2. The van der Waals surface area contributed by atoms with Gasteiger partial charge in [0.1, 0.15) is 19.2 Å². The molecule has 0 heterocycles. The van der Waals surface area contributed by atoms with Crippen LogP contribution >= 0.6 is 0 Å². The van der Waals surface area contributed by atoms with E-state index in [0.717, 1.165) is 22.3 Å². The molecule has 2 amide bonds. The van der Waals surface area contributed by atoms with Crippen molar-refractivity contribution in [3.05, 3.63) is 59.7 Å². The first kappa shape index (κ1) is 26.0. The zero-order valence-corrected chi connectivity index (χ0v) is 18.9. The number of carboxylic acid groups (broad SMARTS) is 1. The first-order valence-electron chi connectivity index (χ1n) is 10.8. The molecule has 0 saturated carbocycles. The van der Waals surface area contributed by atoms with Crippen molar-refractivity contribution in [2.75, 3.05) is 33.4 Å². The fraction of sp³-hybridized carbons (Fsp3) is 0.375. The Bertz CT molecular complexity index is 1030. The van der Waals surface area contributed by atoms with Gasteiger partial charge in [-0.1, -0.05) is 48.5 Å². The first-order valence-corrected chi connectivity index (χ1v) is 10.8. The molecule has 2 aromatic carbocycles. The van der Waals surface area contributed by atoms with Gasteiger partial charge in [0.2, 0.25) is 5.91 Å². The highest BCUT2D eigenvalue weighted by atomic mass is 19.4. The summed E-state index contributed by atoms with van der Waals surface area (Å²) >= 11 is 0. The third-order valence-corrected chi connectivity index (χ3v) is 5.57. The molecular formula is C24H25F3N2O6. The number of carboxylic acids is 1. The third kappa shape index (κ3) is 6.72. The Morgan fingerprint density at radius 2 is 1.63 bits per heavy atom. The standard InChI is InChI=1S/C24H25F3N2O6/c1-34-11-10-29(13-21(30)31)22(32)20(12-24(25,26)27)28-23(33)35-14-19-17-8-4-2-6-15(17)16-7-3-5-9-18(16)19/h2-9,19-20H,10-14H2,1H3,(H,28,33)(H,30,31). The highest BCUT2D eigenvalue weighted by molar-refractivity contribution is 5.88. The molecule has 0 fully saturated rings. The number of methoxy groups -OCH3 is 1. The van der Waals surface area contributed by atoms with Gasteiger partial charge >= 0.3 is 18.2 Å². The van der Waals surface area contributed by atoms with Gasteiger partial charge in [0.25, 0.3) is 0 Å². The van der Waals surface area contributed by atoms with E-state index in [1.807, 2.05) is 53.8 Å². The predicted molar refractivity (Wildman–Crippen MR) is 119 cm³/mol. The fourth-order valence-electron chi connectivity index (χ4n) is 4.07. The number of nitrogens with zero attached hydrogens (tertiary/aromatic N) is 1. The van der Waals surface area contributed by atoms with E-state index >= 15 is 0 Å². The number of carbonyl (C=O) groups excluding carboxylic acids is 2. The number of amides is 2. The second-order valence-electron chi connectivity index (χ2n) is 7.99. The van der Waals surface area contributed by atoms with E-state index < -0.39 is 43.2 Å². The van der Waals surface area contributed by atoms with E-state index in [9.17, 15) is 27.6 Å². The van der Waals surface area contributed by atoms with Crippen molar-refractivity contribution in [3.8, 4) is 11.1 Å². The Balaban J connectivity index is 1.72. The summed E-state index contributed by atoms with van der Waals surface area (Å²) in [4.78, 5) is 37.0.